The first-order valence-corrected chi connectivity index (χ1v) is 8.33. The summed E-state index contributed by atoms with van der Waals surface area (Å²) in [6.45, 7) is 0. The molecule has 0 atom stereocenters. The normalized spacial score (nSPS) is 11.0. The van der Waals surface area contributed by atoms with Gasteiger partial charge in [-0.3, -0.25) is 0 Å². The average Bonchev–Trinajstić information content (AvgIpc) is 2.80. The van der Waals surface area contributed by atoms with Crippen LogP contribution in [0.3, 0.4) is 0 Å². The van der Waals surface area contributed by atoms with E-state index in [1.54, 1.807) is 23.1 Å². The third kappa shape index (κ3) is 3.11. The van der Waals surface area contributed by atoms with E-state index in [9.17, 15) is 0 Å². The van der Waals surface area contributed by atoms with E-state index in [1.807, 2.05) is 18.2 Å². The van der Waals surface area contributed by atoms with Crippen LogP contribution in [0.4, 0.5) is 5.69 Å². The summed E-state index contributed by atoms with van der Waals surface area (Å²) in [5, 5.41) is 0. The van der Waals surface area contributed by atoms with Gasteiger partial charge in [-0.2, -0.15) is 0 Å². The van der Waals surface area contributed by atoms with Gasteiger partial charge >= 0.3 is 0 Å². The highest BCUT2D eigenvalue weighted by Crippen LogP contribution is 2.32. The summed E-state index contributed by atoms with van der Waals surface area (Å²) >= 11 is 6.90. The molecule has 5 heteroatoms. The Bertz CT molecular complexity index is 707. The molecule has 0 aliphatic carbocycles. The lowest BCUT2D eigenvalue weighted by Crippen LogP contribution is -1.81. The number of rotatable bonds is 3. The molecule has 0 aliphatic heterocycles. The second kappa shape index (κ2) is 5.53. The third-order valence-electron chi connectivity index (χ3n) is 2.67. The highest BCUT2D eigenvalue weighted by molar-refractivity contribution is 9.10. The minimum atomic E-state index is 0.792. The third-order valence-corrected chi connectivity index (χ3v) is 5.43. The Morgan fingerprint density at radius 3 is 2.74 bits per heavy atom. The molecule has 0 bridgehead atoms. The number of anilines is 1. The Hall–Kier alpha value is -1.04. The smallest absolute Gasteiger partial charge is 0.151 e. The van der Waals surface area contributed by atoms with Crippen molar-refractivity contribution in [3.8, 4) is 0 Å². The molecule has 3 aromatic rings. The Morgan fingerprint density at radius 1 is 1.16 bits per heavy atom. The van der Waals surface area contributed by atoms with Crippen LogP contribution in [0.1, 0.15) is 5.56 Å². The summed E-state index contributed by atoms with van der Waals surface area (Å²) < 4.78 is 3.35. The van der Waals surface area contributed by atoms with Crippen LogP contribution in [0.25, 0.3) is 10.2 Å². The second-order valence-corrected chi connectivity index (χ2v) is 7.29. The molecule has 0 saturated heterocycles. The molecule has 0 fully saturated rings. The zero-order valence-electron chi connectivity index (χ0n) is 9.97. The van der Waals surface area contributed by atoms with Gasteiger partial charge in [0, 0.05) is 15.9 Å². The molecule has 2 nitrogen and oxygen atoms in total. The molecule has 19 heavy (non-hydrogen) atoms. The Morgan fingerprint density at radius 2 is 1.95 bits per heavy atom. The van der Waals surface area contributed by atoms with Crippen LogP contribution in [0.15, 0.2) is 51.3 Å². The van der Waals surface area contributed by atoms with Crippen molar-refractivity contribution in [2.75, 3.05) is 5.73 Å². The predicted octanol–water partition coefficient (Wildman–Crippen LogP) is 4.93. The Kier molecular flexibility index (Phi) is 3.77. The summed E-state index contributed by atoms with van der Waals surface area (Å²) in [7, 11) is 0. The number of halogens is 1. The number of aromatic nitrogens is 1. The first-order valence-electron chi connectivity index (χ1n) is 5.74. The number of hydrogen-bond acceptors (Lipinski definition) is 4. The molecular weight excluding hydrogens is 340 g/mol. The lowest BCUT2D eigenvalue weighted by atomic mass is 10.2. The van der Waals surface area contributed by atoms with Crippen molar-refractivity contribution >= 4 is 54.9 Å². The molecule has 0 amide bonds. The fourth-order valence-electron chi connectivity index (χ4n) is 1.71. The van der Waals surface area contributed by atoms with E-state index in [0.29, 0.717) is 0 Å². The molecule has 1 aromatic heterocycles. The monoisotopic (exact) mass is 350 g/mol. The van der Waals surface area contributed by atoms with Gasteiger partial charge in [0.25, 0.3) is 0 Å². The topological polar surface area (TPSA) is 38.9 Å². The van der Waals surface area contributed by atoms with Crippen LogP contribution in [-0.4, -0.2) is 4.98 Å². The predicted molar refractivity (Wildman–Crippen MR) is 87.7 cm³/mol. The van der Waals surface area contributed by atoms with Crippen molar-refractivity contribution in [3.63, 3.8) is 0 Å². The maximum absolute atomic E-state index is 5.78. The number of fused-ring (bicyclic) bond motifs is 1. The molecule has 0 radical (unpaired) electrons. The van der Waals surface area contributed by atoms with E-state index < -0.39 is 0 Å². The van der Waals surface area contributed by atoms with Crippen molar-refractivity contribution < 1.29 is 0 Å². The lowest BCUT2D eigenvalue weighted by molar-refractivity contribution is 1.29. The van der Waals surface area contributed by atoms with Crippen LogP contribution in [0.5, 0.6) is 0 Å². The zero-order valence-corrected chi connectivity index (χ0v) is 13.2. The molecule has 1 heterocycles. The van der Waals surface area contributed by atoms with Gasteiger partial charge in [0.1, 0.15) is 0 Å². The number of nitrogens with zero attached hydrogens (tertiary/aromatic N) is 1. The molecule has 96 valence electrons. The minimum Gasteiger partial charge on any atom is -0.399 e. The fourth-order valence-corrected chi connectivity index (χ4v) is 4.04. The van der Waals surface area contributed by atoms with Crippen molar-refractivity contribution in [2.24, 2.45) is 0 Å². The Labute approximate surface area is 128 Å². The van der Waals surface area contributed by atoms with Crippen molar-refractivity contribution in [1.82, 2.24) is 4.98 Å². The second-order valence-electron chi connectivity index (χ2n) is 4.12. The van der Waals surface area contributed by atoms with Gasteiger partial charge in [-0.05, 0) is 35.9 Å². The van der Waals surface area contributed by atoms with E-state index in [0.717, 1.165) is 30.5 Å². The highest BCUT2D eigenvalue weighted by Gasteiger charge is 2.05. The molecule has 0 aliphatic rings. The summed E-state index contributed by atoms with van der Waals surface area (Å²) in [6, 6.07) is 14.2. The van der Waals surface area contributed by atoms with Gasteiger partial charge in [0.2, 0.25) is 0 Å². The van der Waals surface area contributed by atoms with Gasteiger partial charge < -0.3 is 5.73 Å². The van der Waals surface area contributed by atoms with Crippen molar-refractivity contribution in [2.45, 2.75) is 10.1 Å². The average molecular weight is 351 g/mol. The van der Waals surface area contributed by atoms with Crippen LogP contribution < -0.4 is 5.73 Å². The lowest BCUT2D eigenvalue weighted by Gasteiger charge is -1.98. The molecule has 3 rings (SSSR count). The molecule has 2 N–H and O–H groups in total. The quantitative estimate of drug-likeness (QED) is 0.537. The van der Waals surface area contributed by atoms with Gasteiger partial charge in [-0.15, -0.1) is 11.3 Å². The molecule has 0 saturated carbocycles. The zero-order chi connectivity index (χ0) is 13.2. The summed E-state index contributed by atoms with van der Waals surface area (Å²) in [5.74, 6) is 0.933. The van der Waals surface area contributed by atoms with Gasteiger partial charge in [0.05, 0.1) is 10.2 Å². The number of thioether (sulfide) groups is 1. The largest absolute Gasteiger partial charge is 0.399 e. The van der Waals surface area contributed by atoms with Crippen LogP contribution in [0.2, 0.25) is 0 Å². The maximum atomic E-state index is 5.78. The number of thiazole rings is 1. The molecule has 2 aromatic carbocycles. The minimum absolute atomic E-state index is 0.792. The van der Waals surface area contributed by atoms with Crippen molar-refractivity contribution in [3.05, 3.63) is 52.5 Å². The van der Waals surface area contributed by atoms with E-state index in [-0.39, 0.29) is 0 Å². The van der Waals surface area contributed by atoms with Gasteiger partial charge in [-0.1, -0.05) is 39.8 Å². The van der Waals surface area contributed by atoms with E-state index in [1.165, 1.54) is 5.56 Å². The highest BCUT2D eigenvalue weighted by atomic mass is 79.9. The number of hydrogen-bond donors (Lipinski definition) is 1. The van der Waals surface area contributed by atoms with E-state index >= 15 is 0 Å². The number of nitrogens with two attached hydrogens (primary N) is 1. The summed E-state index contributed by atoms with van der Waals surface area (Å²) in [6.07, 6.45) is 0. The van der Waals surface area contributed by atoms with E-state index in [4.69, 9.17) is 5.73 Å². The van der Waals surface area contributed by atoms with Gasteiger partial charge in [0.15, 0.2) is 4.34 Å². The van der Waals surface area contributed by atoms with Crippen LogP contribution in [0, 0.1) is 0 Å². The summed E-state index contributed by atoms with van der Waals surface area (Å²) in [5.41, 5.74) is 8.90. The van der Waals surface area contributed by atoms with Crippen LogP contribution >= 0.6 is 39.0 Å². The molecular formula is C14H11BrN2S2. The molecule has 0 unspecified atom stereocenters. The van der Waals surface area contributed by atoms with E-state index in [2.05, 4.69) is 45.2 Å². The number of nitrogen functional groups attached to an aromatic ring is 1. The first kappa shape index (κ1) is 13.0. The maximum Gasteiger partial charge on any atom is 0.151 e. The van der Waals surface area contributed by atoms with Gasteiger partial charge in [-0.25, -0.2) is 4.98 Å². The SMILES string of the molecule is Nc1ccc2nc(SCc3ccc(Br)cc3)sc2c1. The van der Waals surface area contributed by atoms with Crippen LogP contribution in [-0.2, 0) is 5.75 Å². The standard InChI is InChI=1S/C14H11BrN2S2/c15-10-3-1-9(2-4-10)8-18-14-17-12-6-5-11(16)7-13(12)19-14/h1-7H,8,16H2. The number of benzene rings is 2. The Balaban J connectivity index is 1.76. The first-order chi connectivity index (χ1) is 9.20. The fraction of sp³-hybridized carbons (Fsp3) is 0.0714. The molecule has 0 spiro atoms. The van der Waals surface area contributed by atoms with Crippen molar-refractivity contribution in [1.29, 1.82) is 0 Å². The summed E-state index contributed by atoms with van der Waals surface area (Å²) in [4.78, 5) is 4.60.